The summed E-state index contributed by atoms with van der Waals surface area (Å²) >= 11 is 3.39. The number of carbonyl (C=O) groups is 1. The molecule has 0 bridgehead atoms. The molecule has 1 atom stereocenters. The van der Waals surface area contributed by atoms with Crippen molar-refractivity contribution in [2.45, 2.75) is 11.8 Å². The van der Waals surface area contributed by atoms with Crippen molar-refractivity contribution in [2.75, 3.05) is 26.4 Å². The van der Waals surface area contributed by atoms with Crippen LogP contribution in [0.4, 0.5) is 0 Å². The molecule has 118 valence electrons. The van der Waals surface area contributed by atoms with Gasteiger partial charge in [0.05, 0.1) is 11.8 Å². The van der Waals surface area contributed by atoms with Gasteiger partial charge in [-0.25, -0.2) is 0 Å². The van der Waals surface area contributed by atoms with Crippen molar-refractivity contribution in [2.24, 2.45) is 0 Å². The molecule has 5 heteroatoms. The number of thioether (sulfide) groups is 1. The first-order chi connectivity index (χ1) is 10.7. The second-order valence-electron chi connectivity index (χ2n) is 5.27. The van der Waals surface area contributed by atoms with E-state index in [4.69, 9.17) is 0 Å². The van der Waals surface area contributed by atoms with Crippen molar-refractivity contribution < 1.29 is 4.79 Å². The normalized spacial score (nSPS) is 12.3. The Bertz CT molecular complexity index is 555. The van der Waals surface area contributed by atoms with Gasteiger partial charge in [0, 0.05) is 17.2 Å². The van der Waals surface area contributed by atoms with Gasteiger partial charge in [0.1, 0.15) is 0 Å². The van der Waals surface area contributed by atoms with Crippen LogP contribution in [0.25, 0.3) is 0 Å². The predicted octanol–water partition coefficient (Wildman–Crippen LogP) is 3.40. The number of carbonyl (C=O) groups excluding carboxylic acids is 1. The molecule has 0 saturated carbocycles. The van der Waals surface area contributed by atoms with Crippen molar-refractivity contribution in [3.8, 4) is 0 Å². The molecule has 0 aliphatic rings. The third-order valence-electron chi connectivity index (χ3n) is 3.36. The van der Waals surface area contributed by atoms with Crippen molar-refractivity contribution in [1.29, 1.82) is 0 Å². The molecule has 1 N–H and O–H groups in total. The molecule has 1 aromatic heterocycles. The minimum Gasteiger partial charge on any atom is -0.353 e. The van der Waals surface area contributed by atoms with Gasteiger partial charge in [-0.1, -0.05) is 36.4 Å². The largest absolute Gasteiger partial charge is 0.353 e. The zero-order valence-corrected chi connectivity index (χ0v) is 14.6. The Morgan fingerprint density at radius 2 is 2.00 bits per heavy atom. The van der Waals surface area contributed by atoms with Gasteiger partial charge in [-0.3, -0.25) is 4.79 Å². The zero-order valence-electron chi connectivity index (χ0n) is 13.0. The molecule has 0 aliphatic heterocycles. The van der Waals surface area contributed by atoms with Crippen LogP contribution in [0, 0.1) is 0 Å². The van der Waals surface area contributed by atoms with Gasteiger partial charge in [0.15, 0.2) is 0 Å². The van der Waals surface area contributed by atoms with E-state index < -0.39 is 0 Å². The van der Waals surface area contributed by atoms with E-state index in [0.29, 0.717) is 12.3 Å². The van der Waals surface area contributed by atoms with E-state index in [9.17, 15) is 4.79 Å². The minimum atomic E-state index is 0.101. The van der Waals surface area contributed by atoms with Crippen molar-refractivity contribution in [3.05, 3.63) is 58.3 Å². The van der Waals surface area contributed by atoms with Gasteiger partial charge in [0.25, 0.3) is 0 Å². The maximum Gasteiger partial charge on any atom is 0.230 e. The molecule has 1 heterocycles. The topological polar surface area (TPSA) is 32.3 Å². The van der Waals surface area contributed by atoms with Gasteiger partial charge < -0.3 is 10.2 Å². The number of hydrogen-bond acceptors (Lipinski definition) is 4. The first kappa shape index (κ1) is 17.1. The maximum atomic E-state index is 12.0. The maximum absolute atomic E-state index is 12.0. The second kappa shape index (κ2) is 8.98. The third-order valence-corrected chi connectivity index (χ3v) is 5.40. The molecule has 0 saturated heterocycles. The van der Waals surface area contributed by atoms with E-state index >= 15 is 0 Å². The summed E-state index contributed by atoms with van der Waals surface area (Å²) in [5.74, 6) is 1.51. The highest BCUT2D eigenvalue weighted by atomic mass is 32.2. The molecule has 2 aromatic rings. The molecule has 0 aliphatic carbocycles. The van der Waals surface area contributed by atoms with Crippen LogP contribution in [0.2, 0.25) is 0 Å². The summed E-state index contributed by atoms with van der Waals surface area (Å²) in [4.78, 5) is 15.4. The van der Waals surface area contributed by atoms with E-state index in [0.717, 1.165) is 5.75 Å². The molecule has 2 rings (SSSR count). The molecule has 22 heavy (non-hydrogen) atoms. The summed E-state index contributed by atoms with van der Waals surface area (Å²) in [5, 5.41) is 5.11. The first-order valence-corrected chi connectivity index (χ1v) is 9.28. The molecular weight excluding hydrogens is 312 g/mol. The van der Waals surface area contributed by atoms with E-state index in [1.807, 2.05) is 38.4 Å². The molecule has 1 amide bonds. The molecule has 0 spiro atoms. The van der Waals surface area contributed by atoms with Crippen LogP contribution in [0.5, 0.6) is 0 Å². The van der Waals surface area contributed by atoms with Crippen LogP contribution in [0.3, 0.4) is 0 Å². The van der Waals surface area contributed by atoms with Gasteiger partial charge in [-0.2, -0.15) is 0 Å². The van der Waals surface area contributed by atoms with Crippen LogP contribution >= 0.6 is 23.1 Å². The summed E-state index contributed by atoms with van der Waals surface area (Å²) in [6, 6.07) is 14.6. The average molecular weight is 335 g/mol. The van der Waals surface area contributed by atoms with Crippen LogP contribution in [-0.2, 0) is 10.5 Å². The lowest BCUT2D eigenvalue weighted by molar-refractivity contribution is -0.118. The number of benzene rings is 1. The number of nitrogens with zero attached hydrogens (tertiary/aromatic N) is 1. The number of hydrogen-bond donors (Lipinski definition) is 1. The molecule has 1 unspecified atom stereocenters. The minimum absolute atomic E-state index is 0.101. The Kier molecular flexibility index (Phi) is 6.96. The van der Waals surface area contributed by atoms with Crippen LogP contribution in [0.1, 0.15) is 16.5 Å². The fraction of sp³-hybridized carbons (Fsp3) is 0.353. The zero-order chi connectivity index (χ0) is 15.8. The monoisotopic (exact) mass is 334 g/mol. The summed E-state index contributed by atoms with van der Waals surface area (Å²) in [6.07, 6.45) is 0. The lowest BCUT2D eigenvalue weighted by atomic mass is 10.1. The number of nitrogens with one attached hydrogen (secondary N) is 1. The Balaban J connectivity index is 1.76. The Morgan fingerprint density at radius 3 is 2.64 bits per heavy atom. The number of amides is 1. The third kappa shape index (κ3) is 5.48. The first-order valence-electron chi connectivity index (χ1n) is 7.25. The Morgan fingerprint density at radius 1 is 1.23 bits per heavy atom. The van der Waals surface area contributed by atoms with Crippen LogP contribution < -0.4 is 5.32 Å². The average Bonchev–Trinajstić information content (AvgIpc) is 3.01. The summed E-state index contributed by atoms with van der Waals surface area (Å²) in [5.41, 5.74) is 1.22. The molecule has 1 aromatic carbocycles. The Hall–Kier alpha value is -1.30. The van der Waals surface area contributed by atoms with Crippen LogP contribution in [0.15, 0.2) is 47.8 Å². The van der Waals surface area contributed by atoms with E-state index in [1.165, 1.54) is 10.4 Å². The van der Waals surface area contributed by atoms with Gasteiger partial charge in [-0.05, 0) is 31.1 Å². The highest BCUT2D eigenvalue weighted by molar-refractivity contribution is 7.99. The Labute approximate surface area is 140 Å². The van der Waals surface area contributed by atoms with E-state index in [-0.39, 0.29) is 11.9 Å². The highest BCUT2D eigenvalue weighted by Crippen LogP contribution is 2.18. The standard InChI is InChI=1S/C17H22N2OS2/c1-19(2)16(14-7-4-3-5-8-14)11-18-17(20)13-21-12-15-9-6-10-22-15/h3-10,16H,11-13H2,1-2H3,(H,18,20). The van der Waals surface area contributed by atoms with Crippen molar-refractivity contribution >= 4 is 29.0 Å². The lowest BCUT2D eigenvalue weighted by Gasteiger charge is -2.25. The molecule has 3 nitrogen and oxygen atoms in total. The number of likely N-dealkylation sites (N-methyl/N-ethyl adjacent to an activating group) is 1. The SMILES string of the molecule is CN(C)C(CNC(=O)CSCc1cccs1)c1ccccc1. The quantitative estimate of drug-likeness (QED) is 0.803. The lowest BCUT2D eigenvalue weighted by Crippen LogP contribution is -2.35. The van der Waals surface area contributed by atoms with Gasteiger partial charge in [-0.15, -0.1) is 23.1 Å². The molecule has 0 radical (unpaired) electrons. The summed E-state index contributed by atoms with van der Waals surface area (Å²) in [7, 11) is 4.07. The number of rotatable bonds is 8. The predicted molar refractivity (Wildman–Crippen MR) is 96.4 cm³/mol. The van der Waals surface area contributed by atoms with Crippen molar-refractivity contribution in [3.63, 3.8) is 0 Å². The number of thiophene rings is 1. The summed E-state index contributed by atoms with van der Waals surface area (Å²) in [6.45, 7) is 0.634. The molecule has 0 fully saturated rings. The van der Waals surface area contributed by atoms with E-state index in [1.54, 1.807) is 23.1 Å². The van der Waals surface area contributed by atoms with Crippen molar-refractivity contribution in [1.82, 2.24) is 10.2 Å². The van der Waals surface area contributed by atoms with Gasteiger partial charge in [0.2, 0.25) is 5.91 Å². The fourth-order valence-corrected chi connectivity index (χ4v) is 3.87. The second-order valence-corrected chi connectivity index (χ2v) is 7.28. The van der Waals surface area contributed by atoms with Crippen LogP contribution in [-0.4, -0.2) is 37.2 Å². The fourth-order valence-electron chi connectivity index (χ4n) is 2.17. The molecular formula is C17H22N2OS2. The van der Waals surface area contributed by atoms with E-state index in [2.05, 4.69) is 33.8 Å². The summed E-state index contributed by atoms with van der Waals surface area (Å²) < 4.78 is 0. The van der Waals surface area contributed by atoms with Gasteiger partial charge >= 0.3 is 0 Å². The smallest absolute Gasteiger partial charge is 0.230 e. The highest BCUT2D eigenvalue weighted by Gasteiger charge is 2.14.